The Labute approximate surface area is 167 Å². The van der Waals surface area contributed by atoms with Gasteiger partial charge in [-0.2, -0.15) is 0 Å². The molecule has 28 heavy (non-hydrogen) atoms. The molecule has 0 radical (unpaired) electrons. The number of benzene rings is 2. The van der Waals surface area contributed by atoms with E-state index in [9.17, 15) is 18.0 Å². The van der Waals surface area contributed by atoms with Gasteiger partial charge in [0.1, 0.15) is 5.75 Å². The molecule has 2 aromatic carbocycles. The van der Waals surface area contributed by atoms with Gasteiger partial charge in [-0.3, -0.25) is 9.10 Å². The summed E-state index contributed by atoms with van der Waals surface area (Å²) in [4.78, 5) is 24.4. The molecular formula is C18H17ClN2O6S. The standard InChI is InChI=1S/C18H17ClN2O6S/c1-26-18(23)11-7-8-12(19)13(9-11)20-17(22)16-10-21(28(2,24)25)14-5-3-4-6-15(14)27-16/h3-9,16H,10H2,1-2H3,(H,20,22). The van der Waals surface area contributed by atoms with Crippen molar-refractivity contribution in [1.29, 1.82) is 0 Å². The summed E-state index contributed by atoms with van der Waals surface area (Å²) in [6.45, 7) is -0.198. The highest BCUT2D eigenvalue weighted by atomic mass is 35.5. The number of methoxy groups -OCH3 is 1. The first-order valence-corrected chi connectivity index (χ1v) is 10.4. The summed E-state index contributed by atoms with van der Waals surface area (Å²) >= 11 is 6.10. The maximum Gasteiger partial charge on any atom is 0.337 e. The molecule has 2 aromatic rings. The van der Waals surface area contributed by atoms with Crippen molar-refractivity contribution >= 4 is 44.9 Å². The van der Waals surface area contributed by atoms with E-state index in [2.05, 4.69) is 10.1 Å². The second kappa shape index (κ2) is 7.69. The van der Waals surface area contributed by atoms with Crippen LogP contribution in [0.2, 0.25) is 5.02 Å². The Balaban J connectivity index is 1.87. The fourth-order valence-electron chi connectivity index (χ4n) is 2.73. The zero-order chi connectivity index (χ0) is 20.5. The Morgan fingerprint density at radius 3 is 2.64 bits per heavy atom. The molecule has 0 aromatic heterocycles. The summed E-state index contributed by atoms with van der Waals surface area (Å²) in [6.07, 6.45) is -0.0525. The largest absolute Gasteiger partial charge is 0.476 e. The van der Waals surface area contributed by atoms with Gasteiger partial charge >= 0.3 is 5.97 Å². The summed E-state index contributed by atoms with van der Waals surface area (Å²) in [5.41, 5.74) is 0.748. The average Bonchev–Trinajstić information content (AvgIpc) is 2.67. The Kier molecular flexibility index (Phi) is 5.48. The number of anilines is 2. The van der Waals surface area contributed by atoms with Crippen LogP contribution in [0.4, 0.5) is 11.4 Å². The van der Waals surface area contributed by atoms with Crippen LogP contribution in [0.25, 0.3) is 0 Å². The first-order valence-electron chi connectivity index (χ1n) is 8.13. The smallest absolute Gasteiger partial charge is 0.337 e. The van der Waals surface area contributed by atoms with Crippen LogP contribution in [-0.2, 0) is 19.6 Å². The summed E-state index contributed by atoms with van der Waals surface area (Å²) in [7, 11) is -2.38. The van der Waals surface area contributed by atoms with E-state index in [4.69, 9.17) is 16.3 Å². The number of para-hydroxylation sites is 2. The van der Waals surface area contributed by atoms with Crippen molar-refractivity contribution in [3.8, 4) is 5.75 Å². The van der Waals surface area contributed by atoms with E-state index in [1.165, 1.54) is 25.3 Å². The molecule has 148 valence electrons. The molecule has 3 rings (SSSR count). The van der Waals surface area contributed by atoms with Gasteiger partial charge in [0.25, 0.3) is 5.91 Å². The van der Waals surface area contributed by atoms with Gasteiger partial charge in [-0.1, -0.05) is 23.7 Å². The molecule has 1 amide bonds. The summed E-state index contributed by atoms with van der Waals surface area (Å²) < 4.78 is 35.7. The summed E-state index contributed by atoms with van der Waals surface area (Å²) in [6, 6.07) is 10.8. The normalized spacial score (nSPS) is 16.0. The Morgan fingerprint density at radius 1 is 1.25 bits per heavy atom. The Morgan fingerprint density at radius 2 is 1.96 bits per heavy atom. The van der Waals surface area contributed by atoms with E-state index in [-0.39, 0.29) is 28.6 Å². The van der Waals surface area contributed by atoms with Crippen LogP contribution in [0.1, 0.15) is 10.4 Å². The molecule has 10 heteroatoms. The first kappa shape index (κ1) is 20.0. The minimum atomic E-state index is -3.62. The summed E-state index contributed by atoms with van der Waals surface area (Å²) in [5, 5.41) is 2.78. The molecule has 1 aliphatic rings. The van der Waals surface area contributed by atoms with Crippen molar-refractivity contribution in [2.75, 3.05) is 29.5 Å². The number of carbonyl (C=O) groups excluding carboxylic acids is 2. The van der Waals surface area contributed by atoms with Gasteiger partial charge in [-0.25, -0.2) is 13.2 Å². The lowest BCUT2D eigenvalue weighted by atomic mass is 10.2. The van der Waals surface area contributed by atoms with E-state index >= 15 is 0 Å². The van der Waals surface area contributed by atoms with E-state index in [1.54, 1.807) is 24.3 Å². The highest BCUT2D eigenvalue weighted by Gasteiger charge is 2.35. The molecule has 0 bridgehead atoms. The number of amides is 1. The van der Waals surface area contributed by atoms with Gasteiger partial charge < -0.3 is 14.8 Å². The van der Waals surface area contributed by atoms with Crippen molar-refractivity contribution in [3.05, 3.63) is 53.1 Å². The Bertz CT molecular complexity index is 1040. The number of carbonyl (C=O) groups is 2. The quantitative estimate of drug-likeness (QED) is 0.755. The van der Waals surface area contributed by atoms with Gasteiger partial charge in [-0.15, -0.1) is 0 Å². The SMILES string of the molecule is COC(=O)c1ccc(Cl)c(NC(=O)C2CN(S(C)(=O)=O)c3ccccc3O2)c1. The molecule has 0 fully saturated rings. The van der Waals surface area contributed by atoms with E-state index < -0.39 is 28.0 Å². The van der Waals surface area contributed by atoms with Crippen LogP contribution >= 0.6 is 11.6 Å². The van der Waals surface area contributed by atoms with Gasteiger partial charge in [0.05, 0.1) is 41.9 Å². The number of halogens is 1. The molecule has 1 aliphatic heterocycles. The maximum absolute atomic E-state index is 12.7. The topological polar surface area (TPSA) is 102 Å². The molecule has 0 spiro atoms. The average molecular weight is 425 g/mol. The van der Waals surface area contributed by atoms with Crippen molar-refractivity contribution in [2.45, 2.75) is 6.10 Å². The fraction of sp³-hybridized carbons (Fsp3) is 0.222. The molecule has 1 heterocycles. The van der Waals surface area contributed by atoms with Crippen LogP contribution in [0, 0.1) is 0 Å². The first-order chi connectivity index (χ1) is 13.2. The van der Waals surface area contributed by atoms with Gasteiger partial charge in [0.15, 0.2) is 6.10 Å². The number of rotatable bonds is 4. The van der Waals surface area contributed by atoms with Crippen LogP contribution in [0.3, 0.4) is 0 Å². The van der Waals surface area contributed by atoms with Crippen LogP contribution in [0.5, 0.6) is 5.75 Å². The zero-order valence-corrected chi connectivity index (χ0v) is 16.6. The maximum atomic E-state index is 12.7. The summed E-state index contributed by atoms with van der Waals surface area (Å²) in [5.74, 6) is -0.918. The molecule has 1 unspecified atom stereocenters. The van der Waals surface area contributed by atoms with Crippen molar-refractivity contribution < 1.29 is 27.5 Å². The predicted molar refractivity (Wildman–Crippen MR) is 104 cm³/mol. The molecular weight excluding hydrogens is 408 g/mol. The van der Waals surface area contributed by atoms with Gasteiger partial charge in [0.2, 0.25) is 10.0 Å². The Hall–Kier alpha value is -2.78. The molecule has 8 nitrogen and oxygen atoms in total. The number of nitrogens with zero attached hydrogens (tertiary/aromatic N) is 1. The minimum Gasteiger partial charge on any atom is -0.476 e. The lowest BCUT2D eigenvalue weighted by molar-refractivity contribution is -0.122. The van der Waals surface area contributed by atoms with Crippen molar-refractivity contribution in [1.82, 2.24) is 0 Å². The molecule has 0 saturated carbocycles. The number of hydrogen-bond donors (Lipinski definition) is 1. The van der Waals surface area contributed by atoms with Gasteiger partial charge in [0, 0.05) is 0 Å². The highest BCUT2D eigenvalue weighted by molar-refractivity contribution is 7.92. The molecule has 0 saturated heterocycles. The van der Waals surface area contributed by atoms with Crippen LogP contribution < -0.4 is 14.4 Å². The lowest BCUT2D eigenvalue weighted by Crippen LogP contribution is -2.48. The van der Waals surface area contributed by atoms with Crippen molar-refractivity contribution in [2.24, 2.45) is 0 Å². The number of sulfonamides is 1. The second-order valence-electron chi connectivity index (χ2n) is 6.04. The second-order valence-corrected chi connectivity index (χ2v) is 8.36. The number of nitrogens with one attached hydrogen (secondary N) is 1. The third-order valence-corrected chi connectivity index (χ3v) is 5.55. The third kappa shape index (κ3) is 4.05. The minimum absolute atomic E-state index is 0.183. The third-order valence-electron chi connectivity index (χ3n) is 4.07. The number of esters is 1. The van der Waals surface area contributed by atoms with E-state index in [0.29, 0.717) is 5.69 Å². The predicted octanol–water partition coefficient (Wildman–Crippen LogP) is 2.29. The lowest BCUT2D eigenvalue weighted by Gasteiger charge is -2.33. The number of ether oxygens (including phenoxy) is 2. The van der Waals surface area contributed by atoms with E-state index in [1.807, 2.05) is 0 Å². The van der Waals surface area contributed by atoms with Crippen LogP contribution in [-0.4, -0.2) is 46.3 Å². The highest BCUT2D eigenvalue weighted by Crippen LogP contribution is 2.35. The molecule has 0 aliphatic carbocycles. The number of fused-ring (bicyclic) bond motifs is 1. The van der Waals surface area contributed by atoms with Gasteiger partial charge in [-0.05, 0) is 30.3 Å². The zero-order valence-electron chi connectivity index (χ0n) is 15.0. The monoisotopic (exact) mass is 424 g/mol. The van der Waals surface area contributed by atoms with E-state index in [0.717, 1.165) is 10.6 Å². The van der Waals surface area contributed by atoms with Crippen molar-refractivity contribution in [3.63, 3.8) is 0 Å². The molecule has 1 atom stereocenters. The fourth-order valence-corrected chi connectivity index (χ4v) is 3.81. The number of hydrogen-bond acceptors (Lipinski definition) is 6. The van der Waals surface area contributed by atoms with Crippen LogP contribution in [0.15, 0.2) is 42.5 Å². The molecule has 1 N–H and O–H groups in total.